The van der Waals surface area contributed by atoms with E-state index < -0.39 is 36.3 Å². The lowest BCUT2D eigenvalue weighted by molar-refractivity contribution is -0.141. The molecule has 0 amide bonds. The summed E-state index contributed by atoms with van der Waals surface area (Å²) in [5, 5.41) is 0. The van der Waals surface area contributed by atoms with E-state index in [9.17, 15) is 22.0 Å². The molecule has 1 aromatic heterocycles. The molecule has 1 atom stereocenters. The average molecular weight is 283 g/mol. The highest BCUT2D eigenvalue weighted by atomic mass is 19.4. The Morgan fingerprint density at radius 3 is 2.58 bits per heavy atom. The Bertz CT molecular complexity index is 465. The Labute approximate surface area is 105 Å². The summed E-state index contributed by atoms with van der Waals surface area (Å²) in [7, 11) is 1.47. The molecule has 106 valence electrons. The van der Waals surface area contributed by atoms with Crippen molar-refractivity contribution in [2.75, 3.05) is 20.1 Å². The zero-order chi connectivity index (χ0) is 14.3. The lowest BCUT2D eigenvalue weighted by atomic mass is 10.2. The third-order valence-corrected chi connectivity index (χ3v) is 2.62. The van der Waals surface area contributed by atoms with E-state index in [0.29, 0.717) is 12.4 Å². The van der Waals surface area contributed by atoms with Crippen LogP contribution in [0.2, 0.25) is 0 Å². The van der Waals surface area contributed by atoms with Gasteiger partial charge in [0.15, 0.2) is 11.8 Å². The average Bonchev–Trinajstić information content (AvgIpc) is 2.51. The van der Waals surface area contributed by atoms with Gasteiger partial charge in [0, 0.05) is 12.6 Å². The van der Waals surface area contributed by atoms with Gasteiger partial charge in [-0.05, 0) is 7.05 Å². The highest BCUT2D eigenvalue weighted by Gasteiger charge is 2.49. The van der Waals surface area contributed by atoms with Gasteiger partial charge in [0.1, 0.15) is 6.33 Å². The van der Waals surface area contributed by atoms with Crippen molar-refractivity contribution in [3.05, 3.63) is 18.1 Å². The molecule has 2 rings (SSSR count). The van der Waals surface area contributed by atoms with Gasteiger partial charge in [0.2, 0.25) is 5.88 Å². The summed E-state index contributed by atoms with van der Waals surface area (Å²) < 4.78 is 68.9. The molecular weight excluding hydrogens is 273 g/mol. The summed E-state index contributed by atoms with van der Waals surface area (Å²) in [5.41, 5.74) is -1.23. The topological polar surface area (TPSA) is 38.2 Å². The number of hydrogen-bond donors (Lipinski definition) is 0. The van der Waals surface area contributed by atoms with E-state index in [0.717, 1.165) is 0 Å². The van der Waals surface area contributed by atoms with Crippen molar-refractivity contribution in [3.8, 4) is 5.88 Å². The van der Waals surface area contributed by atoms with Gasteiger partial charge >= 0.3 is 6.18 Å². The largest absolute Gasteiger partial charge is 0.466 e. The molecule has 0 spiro atoms. The van der Waals surface area contributed by atoms with Crippen LogP contribution in [-0.4, -0.2) is 47.0 Å². The molecule has 1 aliphatic heterocycles. The molecule has 1 fully saturated rings. The molecule has 9 heteroatoms. The van der Waals surface area contributed by atoms with E-state index in [2.05, 4.69) is 9.97 Å². The maximum Gasteiger partial charge on any atom is 0.433 e. The zero-order valence-electron chi connectivity index (χ0n) is 9.79. The van der Waals surface area contributed by atoms with Crippen LogP contribution in [0.25, 0.3) is 0 Å². The first-order chi connectivity index (χ1) is 8.68. The number of likely N-dealkylation sites (tertiary alicyclic amines) is 1. The monoisotopic (exact) mass is 283 g/mol. The van der Waals surface area contributed by atoms with Gasteiger partial charge in [-0.2, -0.15) is 13.2 Å². The fourth-order valence-corrected chi connectivity index (χ4v) is 1.77. The lowest BCUT2D eigenvalue weighted by Crippen LogP contribution is -2.36. The molecule has 0 N–H and O–H groups in total. The molecule has 1 unspecified atom stereocenters. The summed E-state index contributed by atoms with van der Waals surface area (Å²) >= 11 is 0. The van der Waals surface area contributed by atoms with Gasteiger partial charge < -0.3 is 4.74 Å². The maximum atomic E-state index is 13.4. The molecule has 0 saturated carbocycles. The van der Waals surface area contributed by atoms with Crippen LogP contribution in [-0.2, 0) is 6.18 Å². The number of rotatable bonds is 2. The molecule has 19 heavy (non-hydrogen) atoms. The number of hydrogen-bond acceptors (Lipinski definition) is 4. The third-order valence-electron chi connectivity index (χ3n) is 2.62. The lowest BCUT2D eigenvalue weighted by Gasteiger charge is -2.18. The minimum atomic E-state index is -4.67. The van der Waals surface area contributed by atoms with E-state index >= 15 is 0 Å². The van der Waals surface area contributed by atoms with Gasteiger partial charge in [-0.1, -0.05) is 0 Å². The van der Waals surface area contributed by atoms with Gasteiger partial charge in [-0.15, -0.1) is 0 Å². The highest BCUT2D eigenvalue weighted by Crippen LogP contribution is 2.32. The third kappa shape index (κ3) is 3.09. The van der Waals surface area contributed by atoms with E-state index in [1.807, 2.05) is 0 Å². The Morgan fingerprint density at radius 2 is 2.05 bits per heavy atom. The van der Waals surface area contributed by atoms with Crippen molar-refractivity contribution in [1.29, 1.82) is 0 Å². The van der Waals surface area contributed by atoms with Crippen molar-refractivity contribution in [2.45, 2.75) is 18.2 Å². The maximum absolute atomic E-state index is 13.4. The number of halogens is 5. The first-order valence-electron chi connectivity index (χ1n) is 5.31. The van der Waals surface area contributed by atoms with Crippen LogP contribution in [0.4, 0.5) is 22.0 Å². The van der Waals surface area contributed by atoms with Crippen molar-refractivity contribution in [1.82, 2.24) is 14.9 Å². The molecule has 2 heterocycles. The second-order valence-electron chi connectivity index (χ2n) is 4.30. The number of aromatic nitrogens is 2. The van der Waals surface area contributed by atoms with Crippen molar-refractivity contribution < 1.29 is 26.7 Å². The van der Waals surface area contributed by atoms with Crippen molar-refractivity contribution >= 4 is 0 Å². The van der Waals surface area contributed by atoms with E-state index in [1.165, 1.54) is 11.9 Å². The second kappa shape index (κ2) is 4.55. The Morgan fingerprint density at radius 1 is 1.37 bits per heavy atom. The van der Waals surface area contributed by atoms with Crippen LogP contribution >= 0.6 is 0 Å². The number of likely N-dealkylation sites (N-methyl/N-ethyl adjacent to an activating group) is 1. The summed E-state index contributed by atoms with van der Waals surface area (Å²) in [5.74, 6) is -3.64. The molecule has 0 aliphatic carbocycles. The molecule has 4 nitrogen and oxygen atoms in total. The molecule has 0 bridgehead atoms. The van der Waals surface area contributed by atoms with Gasteiger partial charge in [-0.25, -0.2) is 18.7 Å². The molecule has 1 aromatic rings. The molecule has 1 saturated heterocycles. The Balaban J connectivity index is 2.16. The van der Waals surface area contributed by atoms with Gasteiger partial charge in [-0.3, -0.25) is 4.90 Å². The first kappa shape index (κ1) is 13.9. The zero-order valence-corrected chi connectivity index (χ0v) is 9.79. The predicted octanol–water partition coefficient (Wildman–Crippen LogP) is 1.82. The van der Waals surface area contributed by atoms with Crippen LogP contribution in [0.1, 0.15) is 5.69 Å². The van der Waals surface area contributed by atoms with Crippen LogP contribution in [0.15, 0.2) is 12.4 Å². The Kier molecular flexibility index (Phi) is 3.33. The van der Waals surface area contributed by atoms with Crippen LogP contribution < -0.4 is 4.74 Å². The van der Waals surface area contributed by atoms with Crippen LogP contribution in [0.5, 0.6) is 5.88 Å². The van der Waals surface area contributed by atoms with Crippen LogP contribution in [0.3, 0.4) is 0 Å². The second-order valence-corrected chi connectivity index (χ2v) is 4.30. The summed E-state index contributed by atoms with van der Waals surface area (Å²) in [6.07, 6.45) is -5.56. The molecule has 0 aromatic carbocycles. The fraction of sp³-hybridized carbons (Fsp3) is 0.600. The molecule has 1 aliphatic rings. The summed E-state index contributed by atoms with van der Waals surface area (Å²) in [6.45, 7) is -0.590. The van der Waals surface area contributed by atoms with Crippen LogP contribution in [0, 0.1) is 0 Å². The van der Waals surface area contributed by atoms with E-state index in [4.69, 9.17) is 4.74 Å². The molecular formula is C10H10F5N3O. The summed E-state index contributed by atoms with van der Waals surface area (Å²) in [6, 6.07) is 0.508. The number of ether oxygens (including phenoxy) is 1. The predicted molar refractivity (Wildman–Crippen MR) is 53.9 cm³/mol. The first-order valence-corrected chi connectivity index (χ1v) is 5.31. The van der Waals surface area contributed by atoms with Gasteiger partial charge in [0.05, 0.1) is 6.54 Å². The smallest absolute Gasteiger partial charge is 0.433 e. The van der Waals surface area contributed by atoms with Gasteiger partial charge in [0.25, 0.3) is 5.92 Å². The normalized spacial score (nSPS) is 23.6. The van der Waals surface area contributed by atoms with E-state index in [1.54, 1.807) is 0 Å². The summed E-state index contributed by atoms with van der Waals surface area (Å²) in [4.78, 5) is 7.77. The number of alkyl halides is 5. The fourth-order valence-electron chi connectivity index (χ4n) is 1.77. The Hall–Kier alpha value is -1.51. The quantitative estimate of drug-likeness (QED) is 0.776. The number of nitrogens with zero attached hydrogens (tertiary/aromatic N) is 3. The van der Waals surface area contributed by atoms with Crippen molar-refractivity contribution in [2.24, 2.45) is 0 Å². The molecule has 0 radical (unpaired) electrons. The standard InChI is InChI=1S/C10H10F5N3O/c1-18-3-7(9(11,12)4-18)19-8-2-6(10(13,14)15)16-5-17-8/h2,5,7H,3-4H2,1H3. The van der Waals surface area contributed by atoms with E-state index in [-0.39, 0.29) is 6.54 Å². The minimum Gasteiger partial charge on any atom is -0.466 e. The van der Waals surface area contributed by atoms with Crippen molar-refractivity contribution in [3.63, 3.8) is 0 Å². The highest BCUT2D eigenvalue weighted by molar-refractivity contribution is 5.17. The SMILES string of the molecule is CN1CC(Oc2cc(C(F)(F)F)ncn2)C(F)(F)C1. The minimum absolute atomic E-state index is 0.0850.